The van der Waals surface area contributed by atoms with Gasteiger partial charge in [-0.1, -0.05) is 6.42 Å². The van der Waals surface area contributed by atoms with Gasteiger partial charge in [0.05, 0.1) is 0 Å². The van der Waals surface area contributed by atoms with E-state index in [1.807, 2.05) is 0 Å². The summed E-state index contributed by atoms with van der Waals surface area (Å²) in [5.41, 5.74) is 0. The molecule has 0 bridgehead atoms. The van der Waals surface area contributed by atoms with E-state index < -0.39 is 32.6 Å². The Labute approximate surface area is 104 Å². The summed E-state index contributed by atoms with van der Waals surface area (Å²) in [4.78, 5) is 35.9. The molecule has 0 amide bonds. The predicted molar refractivity (Wildman–Crippen MR) is 63.8 cm³/mol. The second-order valence-electron chi connectivity index (χ2n) is 4.32. The number of hydrogen-bond acceptors (Lipinski definition) is 4. The van der Waals surface area contributed by atoms with Crippen LogP contribution in [-0.2, 0) is 9.13 Å². The molecule has 10 heteroatoms. The van der Waals surface area contributed by atoms with Crippen LogP contribution in [-0.4, -0.2) is 35.0 Å². The third-order valence-electron chi connectivity index (χ3n) is 3.09. The van der Waals surface area contributed by atoms with E-state index in [4.69, 9.17) is 19.6 Å². The van der Waals surface area contributed by atoms with Crippen LogP contribution in [0.25, 0.3) is 0 Å². The lowest BCUT2D eigenvalue weighted by molar-refractivity contribution is 0.108. The van der Waals surface area contributed by atoms with E-state index in [2.05, 4.69) is 12.6 Å². The van der Waals surface area contributed by atoms with Gasteiger partial charge in [-0.15, -0.1) is 0 Å². The molecule has 5 N–H and O–H groups in total. The fourth-order valence-corrected chi connectivity index (χ4v) is 4.75. The number of rotatable bonds is 4. The quantitative estimate of drug-likeness (QED) is 0.328. The van der Waals surface area contributed by atoms with Crippen LogP contribution < -0.4 is 0 Å². The zero-order valence-electron chi connectivity index (χ0n) is 8.88. The molecule has 0 saturated heterocycles. The first kappa shape index (κ1) is 15.7. The Morgan fingerprint density at radius 1 is 1.12 bits per heavy atom. The molecule has 102 valence electrons. The molecule has 0 aromatic heterocycles. The van der Waals surface area contributed by atoms with Gasteiger partial charge in [0.25, 0.3) is 5.08 Å². The molecule has 0 aliphatic heterocycles. The molecular formula is C7H16O7P2S. The summed E-state index contributed by atoms with van der Waals surface area (Å²) in [7, 11) is -10.7. The van der Waals surface area contributed by atoms with E-state index in [-0.39, 0.29) is 5.25 Å². The van der Waals surface area contributed by atoms with Crippen LogP contribution in [0.1, 0.15) is 25.7 Å². The highest BCUT2D eigenvalue weighted by Gasteiger charge is 2.60. The van der Waals surface area contributed by atoms with Crippen molar-refractivity contribution in [2.45, 2.75) is 36.0 Å². The number of aliphatic hydroxyl groups is 1. The van der Waals surface area contributed by atoms with Crippen LogP contribution in [0.5, 0.6) is 0 Å². The summed E-state index contributed by atoms with van der Waals surface area (Å²) in [5.74, 6) is -0.413. The molecule has 2 unspecified atom stereocenters. The summed E-state index contributed by atoms with van der Waals surface area (Å²) in [6.07, 6.45) is 1.36. The zero-order valence-corrected chi connectivity index (χ0v) is 11.6. The van der Waals surface area contributed by atoms with Crippen molar-refractivity contribution in [2.75, 3.05) is 0 Å². The van der Waals surface area contributed by atoms with Crippen LogP contribution in [0.2, 0.25) is 0 Å². The standard InChI is InChI=1S/C7H16O7P2S/c8-7(15(9,10)11,16(12,13)14)4-5-2-1-3-6(5)17/h5-6,8,17H,1-4H2,(H2,9,10,11)(H2,12,13,14). The summed E-state index contributed by atoms with van der Waals surface area (Å²) in [6.45, 7) is 0. The minimum Gasteiger partial charge on any atom is -0.368 e. The van der Waals surface area contributed by atoms with Crippen LogP contribution >= 0.6 is 27.8 Å². The van der Waals surface area contributed by atoms with E-state index in [1.165, 1.54) is 0 Å². The van der Waals surface area contributed by atoms with Crippen molar-refractivity contribution in [3.63, 3.8) is 0 Å². The molecule has 0 heterocycles. The van der Waals surface area contributed by atoms with Crippen molar-refractivity contribution in [1.29, 1.82) is 0 Å². The van der Waals surface area contributed by atoms with Crippen LogP contribution in [0.15, 0.2) is 0 Å². The molecule has 1 rings (SSSR count). The molecule has 7 nitrogen and oxygen atoms in total. The van der Waals surface area contributed by atoms with E-state index in [0.29, 0.717) is 12.8 Å². The number of thiol groups is 1. The van der Waals surface area contributed by atoms with Crippen LogP contribution in [0.4, 0.5) is 0 Å². The smallest absolute Gasteiger partial charge is 0.368 e. The Bertz CT molecular complexity index is 352. The van der Waals surface area contributed by atoms with Crippen molar-refractivity contribution < 1.29 is 33.8 Å². The maximum atomic E-state index is 11.1. The monoisotopic (exact) mass is 306 g/mol. The van der Waals surface area contributed by atoms with Gasteiger partial charge in [0.1, 0.15) is 0 Å². The SMILES string of the molecule is O=P(O)(O)C(O)(CC1CCCC1S)P(=O)(O)O. The minimum absolute atomic E-state index is 0.209. The van der Waals surface area contributed by atoms with Crippen molar-refractivity contribution in [2.24, 2.45) is 5.92 Å². The summed E-state index contributed by atoms with van der Waals surface area (Å²) >= 11 is 4.17. The second-order valence-corrected chi connectivity index (χ2v) is 9.00. The molecule has 0 radical (unpaired) electrons. The van der Waals surface area contributed by atoms with Crippen LogP contribution in [0.3, 0.4) is 0 Å². The van der Waals surface area contributed by atoms with E-state index in [1.54, 1.807) is 0 Å². The highest BCUT2D eigenvalue weighted by atomic mass is 32.1. The lowest BCUT2D eigenvalue weighted by Gasteiger charge is -2.32. The Hall–Kier alpha value is 0.610. The van der Waals surface area contributed by atoms with Crippen molar-refractivity contribution in [1.82, 2.24) is 0 Å². The predicted octanol–water partition coefficient (Wildman–Crippen LogP) is 0.476. The van der Waals surface area contributed by atoms with Crippen molar-refractivity contribution >= 4 is 27.8 Å². The fourth-order valence-electron chi connectivity index (χ4n) is 2.01. The van der Waals surface area contributed by atoms with Gasteiger partial charge >= 0.3 is 15.2 Å². The maximum Gasteiger partial charge on any atom is 0.369 e. The average molecular weight is 306 g/mol. The third-order valence-corrected chi connectivity index (χ3v) is 7.56. The Kier molecular flexibility index (Phi) is 4.56. The molecule has 0 aromatic rings. The molecule has 1 saturated carbocycles. The van der Waals surface area contributed by atoms with Gasteiger partial charge in [-0.2, -0.15) is 12.6 Å². The normalized spacial score (nSPS) is 27.4. The molecule has 1 aliphatic rings. The molecular weight excluding hydrogens is 290 g/mol. The Morgan fingerprint density at radius 2 is 1.59 bits per heavy atom. The molecule has 1 aliphatic carbocycles. The molecule has 0 spiro atoms. The molecule has 17 heavy (non-hydrogen) atoms. The zero-order chi connectivity index (χ0) is 13.5. The first-order valence-corrected chi connectivity index (χ1v) is 8.75. The summed E-state index contributed by atoms with van der Waals surface area (Å²) in [6, 6.07) is 0. The van der Waals surface area contributed by atoms with Gasteiger partial charge in [-0.3, -0.25) is 9.13 Å². The average Bonchev–Trinajstić information content (AvgIpc) is 2.47. The number of hydrogen-bond donors (Lipinski definition) is 6. The molecule has 1 fully saturated rings. The fraction of sp³-hybridized carbons (Fsp3) is 1.00. The third kappa shape index (κ3) is 3.14. The lowest BCUT2D eigenvalue weighted by atomic mass is 10.0. The lowest BCUT2D eigenvalue weighted by Crippen LogP contribution is -2.32. The van der Waals surface area contributed by atoms with E-state index >= 15 is 0 Å². The first-order chi connectivity index (χ1) is 7.49. The van der Waals surface area contributed by atoms with E-state index in [9.17, 15) is 14.2 Å². The first-order valence-electron chi connectivity index (χ1n) is 5.01. The highest BCUT2D eigenvalue weighted by Crippen LogP contribution is 2.70. The summed E-state index contributed by atoms with van der Waals surface area (Å²) in [5, 5.41) is 6.20. The van der Waals surface area contributed by atoms with Gasteiger partial charge in [-0.25, -0.2) is 0 Å². The van der Waals surface area contributed by atoms with Crippen molar-refractivity contribution in [3.05, 3.63) is 0 Å². The maximum absolute atomic E-state index is 11.1. The Balaban J connectivity index is 3.01. The minimum atomic E-state index is -5.33. The van der Waals surface area contributed by atoms with Gasteiger partial charge in [0.15, 0.2) is 0 Å². The second kappa shape index (κ2) is 4.94. The van der Waals surface area contributed by atoms with Gasteiger partial charge in [-0.05, 0) is 18.8 Å². The van der Waals surface area contributed by atoms with Gasteiger partial charge in [0, 0.05) is 11.7 Å². The molecule has 2 atom stereocenters. The van der Waals surface area contributed by atoms with Gasteiger partial charge < -0.3 is 24.7 Å². The van der Waals surface area contributed by atoms with Crippen LogP contribution in [0, 0.1) is 5.92 Å². The highest BCUT2D eigenvalue weighted by molar-refractivity contribution is 7.81. The van der Waals surface area contributed by atoms with E-state index in [0.717, 1.165) is 6.42 Å². The topological polar surface area (TPSA) is 135 Å². The largest absolute Gasteiger partial charge is 0.369 e. The van der Waals surface area contributed by atoms with Crippen molar-refractivity contribution in [3.8, 4) is 0 Å². The summed E-state index contributed by atoms with van der Waals surface area (Å²) < 4.78 is 22.2. The van der Waals surface area contributed by atoms with Gasteiger partial charge in [0.2, 0.25) is 0 Å². The molecule has 0 aromatic carbocycles. The Morgan fingerprint density at radius 3 is 1.88 bits per heavy atom.